The van der Waals surface area contributed by atoms with Crippen LogP contribution in [0.1, 0.15) is 17.5 Å². The van der Waals surface area contributed by atoms with Crippen LogP contribution in [0, 0.1) is 35.5 Å². The summed E-state index contributed by atoms with van der Waals surface area (Å²) in [6, 6.07) is 18.5. The lowest BCUT2D eigenvalue weighted by Gasteiger charge is -2.37. The Labute approximate surface area is 186 Å². The smallest absolute Gasteiger partial charge is 0.254 e. The highest BCUT2D eigenvalue weighted by Gasteiger charge is 2.67. The Morgan fingerprint density at radius 2 is 1.53 bits per heavy atom. The first-order valence-electron chi connectivity index (χ1n) is 11.4. The molecule has 2 bridgehead atoms. The first kappa shape index (κ1) is 18.1. The zero-order valence-corrected chi connectivity index (χ0v) is 17.5. The maximum atomic E-state index is 13.2. The van der Waals surface area contributed by atoms with Gasteiger partial charge in [0, 0.05) is 29.2 Å². The summed E-state index contributed by atoms with van der Waals surface area (Å²) in [6.45, 7) is 0.749. The standard InChI is InChI=1S/C27H23N3O2/c31-26-24-19-10-11-20(22-12-21(19)22)25(24)27(32)30(26)28-13-17-15-29(14-16-6-2-1-3-7-16)23-9-5-4-8-18(17)23/h1-11,13,15,19-22,24-25H,12,14H2/b28-13-/t19-,20-,21-,22+,24+,25+/m1/s1. The molecule has 1 saturated heterocycles. The Balaban J connectivity index is 1.21. The largest absolute Gasteiger partial charge is 0.342 e. The third-order valence-electron chi connectivity index (χ3n) is 7.97. The Bertz CT molecular complexity index is 1290. The zero-order chi connectivity index (χ0) is 21.4. The molecule has 4 aliphatic carbocycles. The third kappa shape index (κ3) is 2.48. The Hall–Kier alpha value is -3.47. The van der Waals surface area contributed by atoms with Crippen molar-refractivity contribution in [2.24, 2.45) is 40.6 Å². The molecule has 5 heteroatoms. The van der Waals surface area contributed by atoms with Crippen molar-refractivity contribution < 1.29 is 9.59 Å². The summed E-state index contributed by atoms with van der Waals surface area (Å²) in [5.74, 6) is 0.989. The summed E-state index contributed by atoms with van der Waals surface area (Å²) in [5, 5.41) is 6.68. The maximum Gasteiger partial charge on any atom is 0.254 e. The minimum atomic E-state index is -0.210. The topological polar surface area (TPSA) is 54.7 Å². The zero-order valence-electron chi connectivity index (χ0n) is 17.5. The van der Waals surface area contributed by atoms with Gasteiger partial charge in [0.1, 0.15) is 0 Å². The van der Waals surface area contributed by atoms with Gasteiger partial charge in [-0.15, -0.1) is 0 Å². The summed E-state index contributed by atoms with van der Waals surface area (Å²) in [6.07, 6.45) is 9.29. The van der Waals surface area contributed by atoms with Crippen molar-refractivity contribution in [1.82, 2.24) is 9.58 Å². The number of allylic oxidation sites excluding steroid dienone is 2. The molecule has 1 aromatic heterocycles. The van der Waals surface area contributed by atoms with Crippen LogP contribution in [0.4, 0.5) is 0 Å². The van der Waals surface area contributed by atoms with Crippen LogP contribution in [-0.4, -0.2) is 27.6 Å². The number of hydrogen-bond donors (Lipinski definition) is 0. The molecule has 2 saturated carbocycles. The van der Waals surface area contributed by atoms with Crippen molar-refractivity contribution in [3.8, 4) is 0 Å². The number of hydrazone groups is 1. The van der Waals surface area contributed by atoms with E-state index in [1.54, 1.807) is 6.21 Å². The Morgan fingerprint density at radius 1 is 0.875 bits per heavy atom. The second-order valence-electron chi connectivity index (χ2n) is 9.60. The molecule has 32 heavy (non-hydrogen) atoms. The molecule has 0 spiro atoms. The molecule has 3 aromatic rings. The van der Waals surface area contributed by atoms with E-state index in [0.29, 0.717) is 11.8 Å². The van der Waals surface area contributed by atoms with Crippen LogP contribution in [0.25, 0.3) is 10.9 Å². The van der Waals surface area contributed by atoms with Crippen LogP contribution in [0.5, 0.6) is 0 Å². The number of amides is 2. The summed E-state index contributed by atoms with van der Waals surface area (Å²) in [5.41, 5.74) is 3.23. The van der Waals surface area contributed by atoms with E-state index in [0.717, 1.165) is 28.0 Å². The van der Waals surface area contributed by atoms with Gasteiger partial charge in [-0.3, -0.25) is 9.59 Å². The SMILES string of the molecule is O=C1[C@H]2[C@@H]3C=C[C@H]([C@@H]4C[C@H]34)[C@@H]2C(=O)N1/N=C\c1cn(Cc2ccccc2)c2ccccc12. The van der Waals surface area contributed by atoms with Gasteiger partial charge in [0.05, 0.1) is 18.1 Å². The summed E-state index contributed by atoms with van der Waals surface area (Å²) < 4.78 is 2.19. The van der Waals surface area contributed by atoms with Crippen molar-refractivity contribution in [2.75, 3.05) is 0 Å². The summed E-state index contributed by atoms with van der Waals surface area (Å²) in [7, 11) is 0. The molecule has 5 nitrogen and oxygen atoms in total. The minimum absolute atomic E-state index is 0.117. The van der Waals surface area contributed by atoms with E-state index >= 15 is 0 Å². The van der Waals surface area contributed by atoms with Crippen LogP contribution in [0.2, 0.25) is 0 Å². The van der Waals surface area contributed by atoms with Gasteiger partial charge in [-0.1, -0.05) is 60.7 Å². The second-order valence-corrected chi connectivity index (χ2v) is 9.60. The molecule has 2 aromatic carbocycles. The van der Waals surface area contributed by atoms with Gasteiger partial charge in [0.15, 0.2) is 0 Å². The number of carbonyl (C=O) groups excluding carboxylic acids is 2. The predicted octanol–water partition coefficient (Wildman–Crippen LogP) is 4.08. The first-order chi connectivity index (χ1) is 15.7. The fourth-order valence-corrected chi connectivity index (χ4v) is 6.46. The monoisotopic (exact) mass is 421 g/mol. The lowest BCUT2D eigenvalue weighted by atomic mass is 9.63. The number of imide groups is 1. The van der Waals surface area contributed by atoms with Crippen molar-refractivity contribution in [2.45, 2.75) is 13.0 Å². The van der Waals surface area contributed by atoms with Crippen molar-refractivity contribution in [3.05, 3.63) is 84.1 Å². The second kappa shape index (κ2) is 6.52. The maximum absolute atomic E-state index is 13.2. The van der Waals surface area contributed by atoms with E-state index in [1.807, 2.05) is 30.3 Å². The van der Waals surface area contributed by atoms with E-state index in [2.05, 4.69) is 52.3 Å². The van der Waals surface area contributed by atoms with E-state index in [1.165, 1.54) is 12.0 Å². The van der Waals surface area contributed by atoms with Gasteiger partial charge in [-0.2, -0.15) is 10.1 Å². The van der Waals surface area contributed by atoms with E-state index in [9.17, 15) is 9.59 Å². The van der Waals surface area contributed by atoms with Crippen LogP contribution in [-0.2, 0) is 16.1 Å². The molecule has 0 unspecified atom stereocenters. The lowest BCUT2D eigenvalue weighted by Crippen LogP contribution is -2.40. The minimum Gasteiger partial charge on any atom is -0.342 e. The number of hydrogen-bond acceptors (Lipinski definition) is 3. The van der Waals surface area contributed by atoms with E-state index in [-0.39, 0.29) is 35.5 Å². The van der Waals surface area contributed by atoms with E-state index < -0.39 is 0 Å². The average molecular weight is 422 g/mol. The molecular formula is C27H23N3O2. The number of benzene rings is 2. The van der Waals surface area contributed by atoms with E-state index in [4.69, 9.17) is 0 Å². The highest BCUT2D eigenvalue weighted by molar-refractivity contribution is 6.07. The normalized spacial score (nSPS) is 32.2. The molecule has 0 radical (unpaired) electrons. The van der Waals surface area contributed by atoms with Gasteiger partial charge in [0.2, 0.25) is 0 Å². The number of aromatic nitrogens is 1. The van der Waals surface area contributed by atoms with Gasteiger partial charge >= 0.3 is 0 Å². The number of para-hydroxylation sites is 1. The van der Waals surface area contributed by atoms with Gasteiger partial charge in [0.25, 0.3) is 11.8 Å². The fraction of sp³-hybridized carbons (Fsp3) is 0.296. The van der Waals surface area contributed by atoms with Crippen molar-refractivity contribution in [3.63, 3.8) is 0 Å². The van der Waals surface area contributed by atoms with Gasteiger partial charge in [-0.25, -0.2) is 0 Å². The number of nitrogens with zero attached hydrogens (tertiary/aromatic N) is 3. The molecular weight excluding hydrogens is 398 g/mol. The Morgan fingerprint density at radius 3 is 2.25 bits per heavy atom. The van der Waals surface area contributed by atoms with Crippen molar-refractivity contribution >= 4 is 28.9 Å². The van der Waals surface area contributed by atoms with Gasteiger partial charge in [-0.05, 0) is 41.7 Å². The molecule has 0 N–H and O–H groups in total. The van der Waals surface area contributed by atoms with Crippen LogP contribution in [0.3, 0.4) is 0 Å². The summed E-state index contributed by atoms with van der Waals surface area (Å²) >= 11 is 0. The van der Waals surface area contributed by atoms with Crippen LogP contribution < -0.4 is 0 Å². The molecule has 8 rings (SSSR count). The number of fused-ring (bicyclic) bond motifs is 1. The molecule has 5 aliphatic rings. The quantitative estimate of drug-likeness (QED) is 0.362. The molecule has 3 fully saturated rings. The average Bonchev–Trinajstić information content (AvgIpc) is 3.54. The molecule has 6 atom stereocenters. The number of carbonyl (C=O) groups is 2. The third-order valence-corrected chi connectivity index (χ3v) is 7.97. The van der Waals surface area contributed by atoms with Crippen molar-refractivity contribution in [1.29, 1.82) is 0 Å². The molecule has 158 valence electrons. The fourth-order valence-electron chi connectivity index (χ4n) is 6.46. The molecule has 2 heterocycles. The van der Waals surface area contributed by atoms with Crippen LogP contribution >= 0.6 is 0 Å². The summed E-state index contributed by atoms with van der Waals surface area (Å²) in [4.78, 5) is 26.4. The lowest BCUT2D eigenvalue weighted by molar-refractivity contribution is -0.140. The first-order valence-corrected chi connectivity index (χ1v) is 11.4. The highest BCUT2D eigenvalue weighted by Crippen LogP contribution is 2.65. The molecule has 1 aliphatic heterocycles. The predicted molar refractivity (Wildman–Crippen MR) is 122 cm³/mol. The Kier molecular flexibility index (Phi) is 3.69. The highest BCUT2D eigenvalue weighted by atomic mass is 16.2. The van der Waals surface area contributed by atoms with Crippen LogP contribution in [0.15, 0.2) is 78.0 Å². The number of rotatable bonds is 4. The molecule has 2 amide bonds. The van der Waals surface area contributed by atoms with Gasteiger partial charge < -0.3 is 4.57 Å².